The SMILES string of the molecule is COc1ccccc1N1CCC(CNC(=O)c2cc3ccc(Br)cc3s2)C1. The Labute approximate surface area is 171 Å². The number of carbonyl (C=O) groups is 1. The average molecular weight is 445 g/mol. The predicted molar refractivity (Wildman–Crippen MR) is 115 cm³/mol. The van der Waals surface area contributed by atoms with Crippen molar-refractivity contribution in [1.29, 1.82) is 0 Å². The summed E-state index contributed by atoms with van der Waals surface area (Å²) in [6.45, 7) is 2.61. The van der Waals surface area contributed by atoms with Crippen molar-refractivity contribution in [2.45, 2.75) is 6.42 Å². The molecule has 1 aliphatic rings. The zero-order valence-electron chi connectivity index (χ0n) is 15.1. The number of rotatable bonds is 5. The third kappa shape index (κ3) is 3.96. The smallest absolute Gasteiger partial charge is 0.261 e. The molecule has 2 aromatic carbocycles. The predicted octanol–water partition coefficient (Wildman–Crippen LogP) is 4.93. The van der Waals surface area contributed by atoms with Gasteiger partial charge in [-0.1, -0.05) is 34.1 Å². The van der Waals surface area contributed by atoms with Crippen molar-refractivity contribution in [3.63, 3.8) is 0 Å². The minimum absolute atomic E-state index is 0.0167. The molecule has 6 heteroatoms. The number of nitrogens with one attached hydrogen (secondary N) is 1. The molecule has 1 N–H and O–H groups in total. The molecule has 0 radical (unpaired) electrons. The molecule has 4 nitrogen and oxygen atoms in total. The first-order valence-electron chi connectivity index (χ1n) is 8.99. The van der Waals surface area contributed by atoms with E-state index in [-0.39, 0.29) is 5.91 Å². The molecular formula is C21H21BrN2O2S. The maximum atomic E-state index is 12.6. The zero-order valence-corrected chi connectivity index (χ0v) is 17.5. The van der Waals surface area contributed by atoms with Crippen molar-refractivity contribution >= 4 is 48.9 Å². The first kappa shape index (κ1) is 18.3. The van der Waals surface area contributed by atoms with Gasteiger partial charge in [0.15, 0.2) is 0 Å². The Hall–Kier alpha value is -2.05. The molecule has 140 valence electrons. The number of halogens is 1. The maximum Gasteiger partial charge on any atom is 0.261 e. The Bertz CT molecular complexity index is 972. The number of carbonyl (C=O) groups excluding carboxylic acids is 1. The Kier molecular flexibility index (Phi) is 5.36. The Morgan fingerprint density at radius 1 is 1.30 bits per heavy atom. The van der Waals surface area contributed by atoms with E-state index in [1.807, 2.05) is 36.4 Å². The molecular weight excluding hydrogens is 424 g/mol. The summed E-state index contributed by atoms with van der Waals surface area (Å²) in [5.41, 5.74) is 1.13. The van der Waals surface area contributed by atoms with Crippen molar-refractivity contribution in [1.82, 2.24) is 5.32 Å². The largest absolute Gasteiger partial charge is 0.495 e. The molecule has 1 aliphatic heterocycles. The van der Waals surface area contributed by atoms with Crippen molar-refractivity contribution in [2.24, 2.45) is 5.92 Å². The van der Waals surface area contributed by atoms with E-state index < -0.39 is 0 Å². The zero-order chi connectivity index (χ0) is 18.8. The van der Waals surface area contributed by atoms with Crippen molar-refractivity contribution < 1.29 is 9.53 Å². The first-order valence-corrected chi connectivity index (χ1v) is 10.6. The quantitative estimate of drug-likeness (QED) is 0.606. The number of anilines is 1. The second-order valence-electron chi connectivity index (χ2n) is 6.78. The molecule has 1 atom stereocenters. The minimum atomic E-state index is 0.0167. The van der Waals surface area contributed by atoms with Gasteiger partial charge >= 0.3 is 0 Å². The molecule has 0 saturated carbocycles. The van der Waals surface area contributed by atoms with E-state index >= 15 is 0 Å². The van der Waals surface area contributed by atoms with Crippen LogP contribution < -0.4 is 15.0 Å². The molecule has 27 heavy (non-hydrogen) atoms. The van der Waals surface area contributed by atoms with Crippen LogP contribution in [0.5, 0.6) is 5.75 Å². The molecule has 3 aromatic rings. The van der Waals surface area contributed by atoms with E-state index in [0.29, 0.717) is 12.5 Å². The van der Waals surface area contributed by atoms with Crippen molar-refractivity contribution in [3.8, 4) is 5.75 Å². The molecule has 0 spiro atoms. The van der Waals surface area contributed by atoms with Gasteiger partial charge in [0.05, 0.1) is 17.7 Å². The standard InChI is InChI=1S/C21H21BrN2O2S/c1-26-18-5-3-2-4-17(18)24-9-8-14(13-24)12-23-21(25)20-10-15-6-7-16(22)11-19(15)27-20/h2-7,10-11,14H,8-9,12-13H2,1H3,(H,23,25). The average Bonchev–Trinajstić information content (AvgIpc) is 3.32. The fourth-order valence-corrected chi connectivity index (χ4v) is 5.08. The van der Waals surface area contributed by atoms with Crippen LogP contribution in [0.2, 0.25) is 0 Å². The normalized spacial score (nSPS) is 16.7. The van der Waals surface area contributed by atoms with Crippen LogP contribution in [0.4, 0.5) is 5.69 Å². The third-order valence-electron chi connectivity index (χ3n) is 4.97. The van der Waals surface area contributed by atoms with Gasteiger partial charge in [-0.05, 0) is 48.1 Å². The summed E-state index contributed by atoms with van der Waals surface area (Å²) in [6.07, 6.45) is 1.07. The fraction of sp³-hybridized carbons (Fsp3) is 0.286. The lowest BCUT2D eigenvalue weighted by Gasteiger charge is -2.21. The van der Waals surface area contributed by atoms with Gasteiger partial charge in [0.25, 0.3) is 5.91 Å². The molecule has 1 unspecified atom stereocenters. The van der Waals surface area contributed by atoms with Crippen LogP contribution in [0.25, 0.3) is 10.1 Å². The van der Waals surface area contributed by atoms with E-state index in [2.05, 4.69) is 38.3 Å². The lowest BCUT2D eigenvalue weighted by atomic mass is 10.1. The van der Waals surface area contributed by atoms with E-state index in [1.165, 1.54) is 11.3 Å². The molecule has 1 amide bonds. The molecule has 0 aliphatic carbocycles. The van der Waals surface area contributed by atoms with Crippen LogP contribution in [0.1, 0.15) is 16.1 Å². The molecule has 1 saturated heterocycles. The minimum Gasteiger partial charge on any atom is -0.495 e. The topological polar surface area (TPSA) is 41.6 Å². The summed E-state index contributed by atoms with van der Waals surface area (Å²) in [6, 6.07) is 16.2. The highest BCUT2D eigenvalue weighted by molar-refractivity contribution is 9.10. The van der Waals surface area contributed by atoms with Gasteiger partial charge in [-0.25, -0.2) is 0 Å². The Balaban J connectivity index is 1.37. The van der Waals surface area contributed by atoms with Crippen LogP contribution in [0.3, 0.4) is 0 Å². The van der Waals surface area contributed by atoms with Crippen LogP contribution in [0.15, 0.2) is 53.0 Å². The number of fused-ring (bicyclic) bond motifs is 1. The van der Waals surface area contributed by atoms with Gasteiger partial charge in [0.2, 0.25) is 0 Å². The third-order valence-corrected chi connectivity index (χ3v) is 6.56. The van der Waals surface area contributed by atoms with Crippen LogP contribution in [0, 0.1) is 5.92 Å². The highest BCUT2D eigenvalue weighted by Gasteiger charge is 2.25. The number of methoxy groups -OCH3 is 1. The highest BCUT2D eigenvalue weighted by Crippen LogP contribution is 2.32. The van der Waals surface area contributed by atoms with E-state index in [4.69, 9.17) is 4.74 Å². The van der Waals surface area contributed by atoms with Crippen molar-refractivity contribution in [2.75, 3.05) is 31.6 Å². The number of hydrogen-bond acceptors (Lipinski definition) is 4. The second kappa shape index (κ2) is 7.90. The molecule has 1 fully saturated rings. The number of ether oxygens (including phenoxy) is 1. The summed E-state index contributed by atoms with van der Waals surface area (Å²) < 4.78 is 7.63. The van der Waals surface area contributed by atoms with Gasteiger partial charge in [-0.15, -0.1) is 11.3 Å². The van der Waals surface area contributed by atoms with E-state index in [0.717, 1.165) is 50.4 Å². The van der Waals surface area contributed by atoms with Gasteiger partial charge in [0, 0.05) is 28.8 Å². The molecule has 0 bridgehead atoms. The summed E-state index contributed by atoms with van der Waals surface area (Å²) in [5.74, 6) is 1.36. The molecule has 4 rings (SSSR count). The molecule has 2 heterocycles. The number of benzene rings is 2. The van der Waals surface area contributed by atoms with Crippen LogP contribution >= 0.6 is 27.3 Å². The van der Waals surface area contributed by atoms with Gasteiger partial charge in [-0.2, -0.15) is 0 Å². The van der Waals surface area contributed by atoms with E-state index in [1.54, 1.807) is 7.11 Å². The van der Waals surface area contributed by atoms with Gasteiger partial charge in [-0.3, -0.25) is 4.79 Å². The number of amides is 1. The van der Waals surface area contributed by atoms with Gasteiger partial charge in [0.1, 0.15) is 5.75 Å². The highest BCUT2D eigenvalue weighted by atomic mass is 79.9. The van der Waals surface area contributed by atoms with Crippen LogP contribution in [-0.4, -0.2) is 32.7 Å². The lowest BCUT2D eigenvalue weighted by molar-refractivity contribution is 0.0952. The Morgan fingerprint density at radius 2 is 2.15 bits per heavy atom. The number of hydrogen-bond donors (Lipinski definition) is 1. The lowest BCUT2D eigenvalue weighted by Crippen LogP contribution is -2.30. The summed E-state index contributed by atoms with van der Waals surface area (Å²) in [4.78, 5) is 15.7. The Morgan fingerprint density at radius 3 is 3.00 bits per heavy atom. The number of para-hydroxylation sites is 2. The molecule has 1 aromatic heterocycles. The first-order chi connectivity index (χ1) is 13.1. The van der Waals surface area contributed by atoms with Crippen LogP contribution in [-0.2, 0) is 0 Å². The van der Waals surface area contributed by atoms with Crippen molar-refractivity contribution in [3.05, 3.63) is 57.9 Å². The monoisotopic (exact) mass is 444 g/mol. The van der Waals surface area contributed by atoms with Gasteiger partial charge < -0.3 is 15.0 Å². The number of nitrogens with zero attached hydrogens (tertiary/aromatic N) is 1. The fourth-order valence-electron chi connectivity index (χ4n) is 3.55. The summed E-state index contributed by atoms with van der Waals surface area (Å²) in [5, 5.41) is 4.23. The second-order valence-corrected chi connectivity index (χ2v) is 8.77. The van der Waals surface area contributed by atoms with E-state index in [9.17, 15) is 4.79 Å². The maximum absolute atomic E-state index is 12.6. The summed E-state index contributed by atoms with van der Waals surface area (Å²) >= 11 is 5.02. The summed E-state index contributed by atoms with van der Waals surface area (Å²) in [7, 11) is 1.70. The number of thiophene rings is 1.